The van der Waals surface area contributed by atoms with Gasteiger partial charge in [-0.25, -0.2) is 0 Å². The average molecular weight is 463 g/mol. The maximum absolute atomic E-state index is 11.2. The molecule has 3 aromatic rings. The zero-order valence-corrected chi connectivity index (χ0v) is 19.9. The normalized spacial score (nSPS) is 19.3. The van der Waals surface area contributed by atoms with Crippen molar-refractivity contribution in [2.24, 2.45) is 0 Å². The van der Waals surface area contributed by atoms with E-state index in [-0.39, 0.29) is 12.5 Å². The molecule has 1 fully saturated rings. The van der Waals surface area contributed by atoms with E-state index in [9.17, 15) is 9.90 Å². The number of carbonyl (C=O) groups is 1. The van der Waals surface area contributed by atoms with E-state index in [0.717, 1.165) is 22.6 Å². The van der Waals surface area contributed by atoms with Crippen molar-refractivity contribution in [1.29, 1.82) is 0 Å². The molecule has 1 N–H and O–H groups in total. The zero-order valence-electron chi connectivity index (χ0n) is 19.1. The second-order valence-corrected chi connectivity index (χ2v) is 9.63. The minimum absolute atomic E-state index is 0.0282. The topological polar surface area (TPSA) is 59.1 Å². The summed E-state index contributed by atoms with van der Waals surface area (Å²) >= 11 is 1.91. The molecule has 0 aromatic heterocycles. The summed E-state index contributed by atoms with van der Waals surface area (Å²) < 4.78 is 11.6. The Kier molecular flexibility index (Phi) is 7.41. The summed E-state index contributed by atoms with van der Waals surface area (Å²) in [6, 6.07) is 24.7. The van der Waals surface area contributed by atoms with E-state index < -0.39 is 11.6 Å². The molecule has 4 nitrogen and oxygen atoms in total. The standard InChI is InChI=1S/C28H30O4S/c1-3-4-16-33-26-14-8-22(9-15-26)23-7-5-6-21(17-23)19-31-25-12-10-24(11-13-25)28(18-27(29)30)20(2)32-28/h5-15,17,20H,3-4,16,18-19H2,1-2H3,(H,29,30). The fourth-order valence-corrected chi connectivity index (χ4v) is 5.01. The second-order valence-electron chi connectivity index (χ2n) is 8.46. The van der Waals surface area contributed by atoms with Crippen molar-refractivity contribution < 1.29 is 19.4 Å². The third-order valence-electron chi connectivity index (χ3n) is 6.03. The van der Waals surface area contributed by atoms with Crippen LogP contribution in [-0.2, 0) is 21.7 Å². The molecule has 2 unspecified atom stereocenters. The maximum Gasteiger partial charge on any atom is 0.306 e. The maximum atomic E-state index is 11.2. The van der Waals surface area contributed by atoms with E-state index in [4.69, 9.17) is 9.47 Å². The van der Waals surface area contributed by atoms with Gasteiger partial charge in [-0.05, 0) is 71.7 Å². The van der Waals surface area contributed by atoms with Gasteiger partial charge in [0.05, 0.1) is 12.5 Å². The highest BCUT2D eigenvalue weighted by Gasteiger charge is 2.56. The molecule has 4 rings (SSSR count). The number of carboxylic acid groups (broad SMARTS) is 1. The molecule has 1 saturated heterocycles. The van der Waals surface area contributed by atoms with Crippen LogP contribution in [0.4, 0.5) is 0 Å². The SMILES string of the molecule is CCCCSc1ccc(-c2cccc(COc3ccc(C4(CC(=O)O)OC4C)cc3)c2)cc1. The van der Waals surface area contributed by atoms with Gasteiger partial charge in [0, 0.05) is 4.90 Å². The largest absolute Gasteiger partial charge is 0.489 e. The molecule has 0 amide bonds. The van der Waals surface area contributed by atoms with Crippen molar-refractivity contribution in [3.63, 3.8) is 0 Å². The van der Waals surface area contributed by atoms with Crippen molar-refractivity contribution in [1.82, 2.24) is 0 Å². The van der Waals surface area contributed by atoms with Gasteiger partial charge >= 0.3 is 5.97 Å². The molecule has 1 heterocycles. The number of aliphatic carboxylic acids is 1. The molecule has 3 aromatic carbocycles. The predicted molar refractivity (Wildman–Crippen MR) is 133 cm³/mol. The first-order valence-electron chi connectivity index (χ1n) is 11.5. The highest BCUT2D eigenvalue weighted by molar-refractivity contribution is 7.99. The van der Waals surface area contributed by atoms with Gasteiger partial charge in [-0.3, -0.25) is 4.79 Å². The lowest BCUT2D eigenvalue weighted by Gasteiger charge is -2.12. The van der Waals surface area contributed by atoms with Crippen molar-refractivity contribution in [2.75, 3.05) is 5.75 Å². The van der Waals surface area contributed by atoms with Crippen LogP contribution in [0, 0.1) is 0 Å². The second kappa shape index (κ2) is 10.4. The van der Waals surface area contributed by atoms with Crippen LogP contribution in [0.2, 0.25) is 0 Å². The first kappa shape index (κ1) is 23.4. The van der Waals surface area contributed by atoms with Gasteiger partial charge in [0.2, 0.25) is 0 Å². The van der Waals surface area contributed by atoms with E-state index in [1.54, 1.807) is 0 Å². The van der Waals surface area contributed by atoms with Crippen LogP contribution in [0.1, 0.15) is 44.2 Å². The monoisotopic (exact) mass is 462 g/mol. The third-order valence-corrected chi connectivity index (χ3v) is 7.13. The number of epoxide rings is 1. The fourth-order valence-electron chi connectivity index (χ4n) is 4.01. The molecule has 5 heteroatoms. The Labute approximate surface area is 199 Å². The molecule has 1 aliphatic heterocycles. The summed E-state index contributed by atoms with van der Waals surface area (Å²) in [4.78, 5) is 12.5. The summed E-state index contributed by atoms with van der Waals surface area (Å²) in [5.41, 5.74) is 3.64. The summed E-state index contributed by atoms with van der Waals surface area (Å²) in [7, 11) is 0. The lowest BCUT2D eigenvalue weighted by atomic mass is 9.92. The average Bonchev–Trinajstić information content (AvgIpc) is 3.48. The van der Waals surface area contributed by atoms with Crippen LogP contribution in [-0.4, -0.2) is 22.9 Å². The molecule has 172 valence electrons. The highest BCUT2D eigenvalue weighted by Crippen LogP contribution is 2.49. The number of hydrogen-bond donors (Lipinski definition) is 1. The number of ether oxygens (including phenoxy) is 2. The summed E-state index contributed by atoms with van der Waals surface area (Å²) in [5.74, 6) is 1.05. The first-order chi connectivity index (χ1) is 16.0. The smallest absolute Gasteiger partial charge is 0.306 e. The van der Waals surface area contributed by atoms with Crippen LogP contribution < -0.4 is 4.74 Å². The van der Waals surface area contributed by atoms with Crippen molar-refractivity contribution >= 4 is 17.7 Å². The van der Waals surface area contributed by atoms with Crippen LogP contribution in [0.5, 0.6) is 5.75 Å². The number of benzene rings is 3. The van der Waals surface area contributed by atoms with E-state index in [1.165, 1.54) is 28.9 Å². The van der Waals surface area contributed by atoms with E-state index in [2.05, 4.69) is 55.5 Å². The molecule has 0 aliphatic carbocycles. The summed E-state index contributed by atoms with van der Waals surface area (Å²) in [5, 5.41) is 9.19. The highest BCUT2D eigenvalue weighted by atomic mass is 32.2. The number of thioether (sulfide) groups is 1. The quantitative estimate of drug-likeness (QED) is 0.190. The Hall–Kier alpha value is -2.76. The lowest BCUT2D eigenvalue weighted by Crippen LogP contribution is -2.17. The van der Waals surface area contributed by atoms with E-state index >= 15 is 0 Å². The van der Waals surface area contributed by atoms with Crippen LogP contribution in [0.25, 0.3) is 11.1 Å². The molecule has 0 bridgehead atoms. The molecule has 33 heavy (non-hydrogen) atoms. The zero-order chi connectivity index (χ0) is 23.3. The van der Waals surface area contributed by atoms with Crippen LogP contribution in [0.15, 0.2) is 77.7 Å². The van der Waals surface area contributed by atoms with E-state index in [0.29, 0.717) is 6.61 Å². The third kappa shape index (κ3) is 5.79. The van der Waals surface area contributed by atoms with Crippen LogP contribution >= 0.6 is 11.8 Å². The number of rotatable bonds is 11. The van der Waals surface area contributed by atoms with Gasteiger partial charge in [-0.1, -0.05) is 55.8 Å². The van der Waals surface area contributed by atoms with E-state index in [1.807, 2.05) is 43.0 Å². The minimum atomic E-state index is -0.857. The van der Waals surface area contributed by atoms with Gasteiger partial charge in [-0.2, -0.15) is 0 Å². The Morgan fingerprint density at radius 1 is 1.06 bits per heavy atom. The molecule has 0 saturated carbocycles. The number of unbranched alkanes of at least 4 members (excludes halogenated alkanes) is 1. The van der Waals surface area contributed by atoms with Crippen molar-refractivity contribution in [3.8, 4) is 16.9 Å². The molecule has 0 spiro atoms. The molecule has 2 atom stereocenters. The van der Waals surface area contributed by atoms with Crippen molar-refractivity contribution in [2.45, 2.75) is 56.3 Å². The Morgan fingerprint density at radius 2 is 1.79 bits per heavy atom. The summed E-state index contributed by atoms with van der Waals surface area (Å²) in [6.45, 7) is 4.58. The molecular weight excluding hydrogens is 432 g/mol. The Balaban J connectivity index is 1.37. The molecule has 0 radical (unpaired) electrons. The van der Waals surface area contributed by atoms with Crippen LogP contribution in [0.3, 0.4) is 0 Å². The Bertz CT molecular complexity index is 1080. The van der Waals surface area contributed by atoms with Gasteiger partial charge in [0.25, 0.3) is 0 Å². The predicted octanol–water partition coefficient (Wildman–Crippen LogP) is 6.91. The number of hydrogen-bond acceptors (Lipinski definition) is 4. The molecule has 1 aliphatic rings. The first-order valence-corrected chi connectivity index (χ1v) is 12.4. The summed E-state index contributed by atoms with van der Waals surface area (Å²) in [6.07, 6.45) is 2.35. The molecular formula is C28H30O4S. The Morgan fingerprint density at radius 3 is 2.42 bits per heavy atom. The van der Waals surface area contributed by atoms with Gasteiger partial charge in [0.1, 0.15) is 18.0 Å². The van der Waals surface area contributed by atoms with Crippen molar-refractivity contribution in [3.05, 3.63) is 83.9 Å². The van der Waals surface area contributed by atoms with Gasteiger partial charge in [0.15, 0.2) is 0 Å². The lowest BCUT2D eigenvalue weighted by molar-refractivity contribution is -0.138. The van der Waals surface area contributed by atoms with Gasteiger partial charge < -0.3 is 14.6 Å². The minimum Gasteiger partial charge on any atom is -0.489 e. The van der Waals surface area contributed by atoms with Gasteiger partial charge in [-0.15, -0.1) is 11.8 Å². The fraction of sp³-hybridized carbons (Fsp3) is 0.321. The number of carboxylic acids is 1.